The van der Waals surface area contributed by atoms with E-state index < -0.39 is 0 Å². The zero-order valence-electron chi connectivity index (χ0n) is 16.3. The van der Waals surface area contributed by atoms with E-state index in [-0.39, 0.29) is 16.7 Å². The molecule has 2 aromatic carbocycles. The van der Waals surface area contributed by atoms with Gasteiger partial charge in [0.25, 0.3) is 5.69 Å². The standard InChI is InChI=1S/C23H25N3O2/c1-17-7-3-9-20(18(17)2)16-25-14-6-13-24-12-5-11-22(24)23(25)19-8-4-10-21(15-19)26(27)28/h3-5,7-12,15,23H,6,13-14,16H2,1-2H3/t23-/m1/s1. The van der Waals surface area contributed by atoms with E-state index in [9.17, 15) is 10.1 Å². The van der Waals surface area contributed by atoms with Crippen LogP contribution in [0.2, 0.25) is 0 Å². The van der Waals surface area contributed by atoms with Crippen molar-refractivity contribution in [3.8, 4) is 0 Å². The second-order valence-corrected chi connectivity index (χ2v) is 7.56. The molecular weight excluding hydrogens is 350 g/mol. The molecule has 1 atom stereocenters. The molecule has 5 heteroatoms. The lowest BCUT2D eigenvalue weighted by molar-refractivity contribution is -0.384. The number of nitrogens with zero attached hydrogens (tertiary/aromatic N) is 3. The third kappa shape index (κ3) is 3.45. The summed E-state index contributed by atoms with van der Waals surface area (Å²) in [5.41, 5.74) is 6.24. The van der Waals surface area contributed by atoms with E-state index in [1.807, 2.05) is 6.07 Å². The van der Waals surface area contributed by atoms with E-state index in [1.165, 1.54) is 22.4 Å². The van der Waals surface area contributed by atoms with Gasteiger partial charge in [0.1, 0.15) is 0 Å². The zero-order chi connectivity index (χ0) is 19.7. The Morgan fingerprint density at radius 3 is 2.71 bits per heavy atom. The lowest BCUT2D eigenvalue weighted by Crippen LogP contribution is -2.30. The second-order valence-electron chi connectivity index (χ2n) is 7.56. The fraction of sp³-hybridized carbons (Fsp3) is 0.304. The number of nitro benzene ring substituents is 1. The van der Waals surface area contributed by atoms with Crippen LogP contribution in [0.4, 0.5) is 5.69 Å². The number of non-ortho nitro benzene ring substituents is 1. The highest BCUT2D eigenvalue weighted by Gasteiger charge is 2.28. The van der Waals surface area contributed by atoms with Crippen molar-refractivity contribution in [3.05, 3.63) is 98.9 Å². The van der Waals surface area contributed by atoms with Crippen molar-refractivity contribution < 1.29 is 4.92 Å². The summed E-state index contributed by atoms with van der Waals surface area (Å²) in [6.45, 7) is 7.06. The van der Waals surface area contributed by atoms with Crippen LogP contribution in [0.1, 0.15) is 40.4 Å². The van der Waals surface area contributed by atoms with Crippen molar-refractivity contribution in [2.45, 2.75) is 39.4 Å². The average molecular weight is 375 g/mol. The summed E-state index contributed by atoms with van der Waals surface area (Å²) in [4.78, 5) is 13.5. The molecule has 0 bridgehead atoms. The quantitative estimate of drug-likeness (QED) is 0.476. The Hall–Kier alpha value is -2.92. The Morgan fingerprint density at radius 1 is 1.07 bits per heavy atom. The van der Waals surface area contributed by atoms with Gasteiger partial charge in [0.05, 0.1) is 11.0 Å². The summed E-state index contributed by atoms with van der Waals surface area (Å²) >= 11 is 0. The third-order valence-electron chi connectivity index (χ3n) is 5.84. The number of nitro groups is 1. The smallest absolute Gasteiger partial charge is 0.269 e. The zero-order valence-corrected chi connectivity index (χ0v) is 16.3. The summed E-state index contributed by atoms with van der Waals surface area (Å²) < 4.78 is 2.28. The third-order valence-corrected chi connectivity index (χ3v) is 5.84. The number of benzene rings is 2. The number of hydrogen-bond donors (Lipinski definition) is 0. The molecule has 1 aliphatic rings. The number of aryl methyl sites for hydroxylation is 2. The van der Waals surface area contributed by atoms with Crippen molar-refractivity contribution in [3.63, 3.8) is 0 Å². The molecule has 4 rings (SSSR count). The van der Waals surface area contributed by atoms with E-state index in [0.29, 0.717) is 0 Å². The second kappa shape index (κ2) is 7.60. The molecule has 2 heterocycles. The van der Waals surface area contributed by atoms with E-state index in [0.717, 1.165) is 31.6 Å². The van der Waals surface area contributed by atoms with Gasteiger partial charge in [-0.2, -0.15) is 0 Å². The van der Waals surface area contributed by atoms with Crippen LogP contribution in [0.5, 0.6) is 0 Å². The largest absolute Gasteiger partial charge is 0.350 e. The van der Waals surface area contributed by atoms with Gasteiger partial charge in [0.2, 0.25) is 0 Å². The highest BCUT2D eigenvalue weighted by atomic mass is 16.6. The molecule has 0 saturated heterocycles. The van der Waals surface area contributed by atoms with E-state index >= 15 is 0 Å². The molecule has 0 fully saturated rings. The monoisotopic (exact) mass is 375 g/mol. The summed E-state index contributed by atoms with van der Waals surface area (Å²) in [6.07, 6.45) is 3.17. The summed E-state index contributed by atoms with van der Waals surface area (Å²) in [7, 11) is 0. The van der Waals surface area contributed by atoms with Crippen LogP contribution in [-0.2, 0) is 13.1 Å². The fourth-order valence-corrected chi connectivity index (χ4v) is 4.20. The minimum Gasteiger partial charge on any atom is -0.350 e. The molecule has 0 amide bonds. The Kier molecular flexibility index (Phi) is 5.01. The number of rotatable bonds is 4. The Labute approximate surface area is 165 Å². The van der Waals surface area contributed by atoms with E-state index in [4.69, 9.17) is 0 Å². The molecule has 0 radical (unpaired) electrons. The van der Waals surface area contributed by atoms with Crippen LogP contribution >= 0.6 is 0 Å². The minimum atomic E-state index is -0.311. The molecule has 5 nitrogen and oxygen atoms in total. The van der Waals surface area contributed by atoms with Gasteiger partial charge in [-0.05, 0) is 54.7 Å². The molecular formula is C23H25N3O2. The van der Waals surface area contributed by atoms with Crippen LogP contribution in [0.25, 0.3) is 0 Å². The van der Waals surface area contributed by atoms with E-state index in [2.05, 4.69) is 59.8 Å². The summed E-state index contributed by atoms with van der Waals surface area (Å²) in [5.74, 6) is 0. The van der Waals surface area contributed by atoms with Crippen LogP contribution in [-0.4, -0.2) is 20.9 Å². The van der Waals surface area contributed by atoms with Crippen LogP contribution < -0.4 is 0 Å². The van der Waals surface area contributed by atoms with Crippen molar-refractivity contribution in [1.82, 2.24) is 9.47 Å². The van der Waals surface area contributed by atoms with Crippen molar-refractivity contribution in [2.24, 2.45) is 0 Å². The van der Waals surface area contributed by atoms with Gasteiger partial charge in [-0.3, -0.25) is 15.0 Å². The first-order chi connectivity index (χ1) is 13.5. The van der Waals surface area contributed by atoms with Crippen molar-refractivity contribution in [1.29, 1.82) is 0 Å². The van der Waals surface area contributed by atoms with Crippen molar-refractivity contribution >= 4 is 5.69 Å². The van der Waals surface area contributed by atoms with Crippen molar-refractivity contribution in [2.75, 3.05) is 6.54 Å². The first-order valence-electron chi connectivity index (χ1n) is 9.73. The molecule has 0 aliphatic carbocycles. The van der Waals surface area contributed by atoms with Gasteiger partial charge in [-0.1, -0.05) is 30.3 Å². The minimum absolute atomic E-state index is 0.00249. The molecule has 0 saturated carbocycles. The van der Waals surface area contributed by atoms with Gasteiger partial charge in [-0.25, -0.2) is 0 Å². The van der Waals surface area contributed by atoms with Gasteiger partial charge in [0.15, 0.2) is 0 Å². The predicted octanol–water partition coefficient (Wildman–Crippen LogP) is 5.01. The maximum Gasteiger partial charge on any atom is 0.269 e. The molecule has 144 valence electrons. The number of fused-ring (bicyclic) bond motifs is 1. The highest BCUT2D eigenvalue weighted by molar-refractivity contribution is 5.40. The molecule has 0 unspecified atom stereocenters. The molecule has 0 N–H and O–H groups in total. The Bertz CT molecular complexity index is 1010. The Balaban J connectivity index is 1.78. The highest BCUT2D eigenvalue weighted by Crippen LogP contribution is 2.34. The number of aromatic nitrogens is 1. The summed E-state index contributed by atoms with van der Waals surface area (Å²) in [6, 6.07) is 17.8. The van der Waals surface area contributed by atoms with Crippen LogP contribution in [0.3, 0.4) is 0 Å². The Morgan fingerprint density at radius 2 is 1.89 bits per heavy atom. The van der Waals surface area contributed by atoms with Crippen LogP contribution in [0, 0.1) is 24.0 Å². The maximum absolute atomic E-state index is 11.3. The van der Waals surface area contributed by atoms with Crippen LogP contribution in [0.15, 0.2) is 60.8 Å². The van der Waals surface area contributed by atoms with Gasteiger partial charge >= 0.3 is 0 Å². The normalized spacial score (nSPS) is 17.1. The van der Waals surface area contributed by atoms with Gasteiger partial charge in [-0.15, -0.1) is 0 Å². The van der Waals surface area contributed by atoms with Gasteiger partial charge in [0, 0.05) is 43.7 Å². The lowest BCUT2D eigenvalue weighted by Gasteiger charge is -2.31. The number of hydrogen-bond acceptors (Lipinski definition) is 3. The molecule has 28 heavy (non-hydrogen) atoms. The summed E-state index contributed by atoms with van der Waals surface area (Å²) in [5, 5.41) is 11.3. The molecule has 0 spiro atoms. The molecule has 1 aliphatic heterocycles. The maximum atomic E-state index is 11.3. The first-order valence-corrected chi connectivity index (χ1v) is 9.73. The first kappa shape index (κ1) is 18.4. The SMILES string of the molecule is Cc1cccc(CN2CCCn3cccc3[C@H]2c2cccc([N+](=O)[O-])c2)c1C. The molecule has 1 aromatic heterocycles. The lowest BCUT2D eigenvalue weighted by atomic mass is 9.98. The fourth-order valence-electron chi connectivity index (χ4n) is 4.20. The van der Waals surface area contributed by atoms with Gasteiger partial charge < -0.3 is 4.57 Å². The average Bonchev–Trinajstić information content (AvgIpc) is 3.07. The topological polar surface area (TPSA) is 51.3 Å². The molecule has 3 aromatic rings. The predicted molar refractivity (Wildman–Crippen MR) is 110 cm³/mol. The van der Waals surface area contributed by atoms with E-state index in [1.54, 1.807) is 18.2 Å².